The molecule has 0 saturated carbocycles. The van der Waals surface area contributed by atoms with Crippen molar-refractivity contribution in [2.45, 2.75) is 12.5 Å². The maximum Gasteiger partial charge on any atom is 0.236 e. The first-order valence-corrected chi connectivity index (χ1v) is 5.98. The van der Waals surface area contributed by atoms with E-state index in [1.165, 1.54) is 0 Å². The first-order valence-electron chi connectivity index (χ1n) is 5.98. The highest BCUT2D eigenvalue weighted by molar-refractivity contribution is 5.30. The molecule has 0 saturated heterocycles. The number of nitrogens with zero attached hydrogens (tertiary/aromatic N) is 2. The van der Waals surface area contributed by atoms with Crippen LogP contribution in [-0.2, 0) is 6.42 Å². The summed E-state index contributed by atoms with van der Waals surface area (Å²) in [5.41, 5.74) is 7.91. The normalized spacial score (nSPS) is 11.9. The van der Waals surface area contributed by atoms with Crippen LogP contribution in [0.3, 0.4) is 0 Å². The van der Waals surface area contributed by atoms with Gasteiger partial charge in [-0.15, -0.1) is 0 Å². The summed E-state index contributed by atoms with van der Waals surface area (Å²) in [6.07, 6.45) is 3.84. The molecule has 0 aliphatic rings. The SMILES string of the molecule is COc1cccc(CC(N)c2nccnc2OC)c1. The molecule has 0 fully saturated rings. The fraction of sp³-hybridized carbons (Fsp3) is 0.286. The smallest absolute Gasteiger partial charge is 0.236 e. The lowest BCUT2D eigenvalue weighted by molar-refractivity contribution is 0.384. The Morgan fingerprint density at radius 3 is 2.68 bits per heavy atom. The number of aromatic nitrogens is 2. The summed E-state index contributed by atoms with van der Waals surface area (Å²) in [7, 11) is 3.20. The zero-order valence-electron chi connectivity index (χ0n) is 11.0. The maximum absolute atomic E-state index is 6.17. The molecule has 0 bridgehead atoms. The molecule has 0 spiro atoms. The largest absolute Gasteiger partial charge is 0.497 e. The molecule has 1 aromatic carbocycles. The van der Waals surface area contributed by atoms with Gasteiger partial charge in [-0.25, -0.2) is 4.98 Å². The van der Waals surface area contributed by atoms with Crippen LogP contribution in [0.25, 0.3) is 0 Å². The van der Waals surface area contributed by atoms with Gasteiger partial charge in [-0.3, -0.25) is 4.98 Å². The summed E-state index contributed by atoms with van der Waals surface area (Å²) in [6.45, 7) is 0. The summed E-state index contributed by atoms with van der Waals surface area (Å²) in [4.78, 5) is 8.35. The number of methoxy groups -OCH3 is 2. The van der Waals surface area contributed by atoms with Gasteiger partial charge in [-0.1, -0.05) is 12.1 Å². The van der Waals surface area contributed by atoms with Crippen LogP contribution in [0.2, 0.25) is 0 Å². The van der Waals surface area contributed by atoms with Gasteiger partial charge < -0.3 is 15.2 Å². The van der Waals surface area contributed by atoms with Crippen molar-refractivity contribution in [2.75, 3.05) is 14.2 Å². The quantitative estimate of drug-likeness (QED) is 0.885. The minimum Gasteiger partial charge on any atom is -0.497 e. The first kappa shape index (κ1) is 13.3. The van der Waals surface area contributed by atoms with E-state index in [-0.39, 0.29) is 6.04 Å². The number of hydrogen-bond donors (Lipinski definition) is 1. The van der Waals surface area contributed by atoms with E-state index in [9.17, 15) is 0 Å². The number of nitrogens with two attached hydrogens (primary N) is 1. The standard InChI is InChI=1S/C14H17N3O2/c1-18-11-5-3-4-10(8-11)9-12(15)13-14(19-2)17-7-6-16-13/h3-8,12H,9,15H2,1-2H3. The lowest BCUT2D eigenvalue weighted by Crippen LogP contribution is -2.16. The van der Waals surface area contributed by atoms with Gasteiger partial charge in [-0.2, -0.15) is 0 Å². The van der Waals surface area contributed by atoms with Crippen LogP contribution in [0.4, 0.5) is 0 Å². The molecule has 0 aliphatic carbocycles. The Balaban J connectivity index is 2.18. The van der Waals surface area contributed by atoms with Crippen LogP contribution in [-0.4, -0.2) is 24.2 Å². The second kappa shape index (κ2) is 6.15. The maximum atomic E-state index is 6.17. The van der Waals surface area contributed by atoms with E-state index in [4.69, 9.17) is 15.2 Å². The van der Waals surface area contributed by atoms with Crippen molar-refractivity contribution in [1.29, 1.82) is 0 Å². The Morgan fingerprint density at radius 1 is 1.16 bits per heavy atom. The lowest BCUT2D eigenvalue weighted by atomic mass is 10.0. The minimum absolute atomic E-state index is 0.268. The van der Waals surface area contributed by atoms with E-state index in [2.05, 4.69) is 9.97 Å². The summed E-state index contributed by atoms with van der Waals surface area (Å²) in [6, 6.07) is 7.54. The van der Waals surface area contributed by atoms with Gasteiger partial charge in [0.1, 0.15) is 11.4 Å². The van der Waals surface area contributed by atoms with Crippen molar-refractivity contribution in [3.8, 4) is 11.6 Å². The topological polar surface area (TPSA) is 70.3 Å². The van der Waals surface area contributed by atoms with Crippen LogP contribution < -0.4 is 15.2 Å². The van der Waals surface area contributed by atoms with Crippen molar-refractivity contribution in [1.82, 2.24) is 9.97 Å². The average Bonchev–Trinajstić information content (AvgIpc) is 2.47. The predicted molar refractivity (Wildman–Crippen MR) is 72.2 cm³/mol. The molecular formula is C14H17N3O2. The van der Waals surface area contributed by atoms with E-state index in [1.807, 2.05) is 24.3 Å². The van der Waals surface area contributed by atoms with Gasteiger partial charge >= 0.3 is 0 Å². The zero-order chi connectivity index (χ0) is 13.7. The molecule has 2 aromatic rings. The minimum atomic E-state index is -0.268. The van der Waals surface area contributed by atoms with E-state index in [1.54, 1.807) is 26.6 Å². The Kier molecular flexibility index (Phi) is 4.30. The van der Waals surface area contributed by atoms with E-state index < -0.39 is 0 Å². The fourth-order valence-corrected chi connectivity index (χ4v) is 1.90. The predicted octanol–water partition coefficient (Wildman–Crippen LogP) is 1.74. The van der Waals surface area contributed by atoms with Crippen molar-refractivity contribution in [3.63, 3.8) is 0 Å². The summed E-state index contributed by atoms with van der Waals surface area (Å²) < 4.78 is 10.4. The Hall–Kier alpha value is -2.14. The van der Waals surface area contributed by atoms with Gasteiger partial charge in [0.05, 0.1) is 20.3 Å². The van der Waals surface area contributed by atoms with Crippen LogP contribution in [0, 0.1) is 0 Å². The monoisotopic (exact) mass is 259 g/mol. The zero-order valence-corrected chi connectivity index (χ0v) is 11.0. The van der Waals surface area contributed by atoms with Gasteiger partial charge in [0.25, 0.3) is 0 Å². The molecule has 0 aliphatic heterocycles. The van der Waals surface area contributed by atoms with Crippen molar-refractivity contribution in [2.24, 2.45) is 5.73 Å². The molecule has 19 heavy (non-hydrogen) atoms. The molecule has 1 unspecified atom stereocenters. The number of rotatable bonds is 5. The van der Waals surface area contributed by atoms with Crippen LogP contribution in [0.5, 0.6) is 11.6 Å². The highest BCUT2D eigenvalue weighted by Gasteiger charge is 2.15. The Labute approximate surface area is 112 Å². The molecule has 1 heterocycles. The highest BCUT2D eigenvalue weighted by atomic mass is 16.5. The van der Waals surface area contributed by atoms with Gasteiger partial charge in [0.15, 0.2) is 0 Å². The molecule has 1 atom stereocenters. The van der Waals surface area contributed by atoms with Gasteiger partial charge in [0.2, 0.25) is 5.88 Å². The molecular weight excluding hydrogens is 242 g/mol. The third kappa shape index (κ3) is 3.20. The summed E-state index contributed by atoms with van der Waals surface area (Å²) >= 11 is 0. The van der Waals surface area contributed by atoms with Gasteiger partial charge in [-0.05, 0) is 24.1 Å². The van der Waals surface area contributed by atoms with Crippen molar-refractivity contribution >= 4 is 0 Å². The molecule has 5 nitrogen and oxygen atoms in total. The molecule has 1 aromatic heterocycles. The second-order valence-corrected chi connectivity index (χ2v) is 4.11. The number of hydrogen-bond acceptors (Lipinski definition) is 5. The first-order chi connectivity index (χ1) is 9.24. The average molecular weight is 259 g/mol. The summed E-state index contributed by atoms with van der Waals surface area (Å²) in [5, 5.41) is 0. The molecule has 0 radical (unpaired) electrons. The van der Waals surface area contributed by atoms with E-state index in [0.29, 0.717) is 18.0 Å². The van der Waals surface area contributed by atoms with Crippen LogP contribution >= 0.6 is 0 Å². The second-order valence-electron chi connectivity index (χ2n) is 4.11. The third-order valence-electron chi connectivity index (χ3n) is 2.83. The number of ether oxygens (including phenoxy) is 2. The highest BCUT2D eigenvalue weighted by Crippen LogP contribution is 2.22. The molecule has 100 valence electrons. The van der Waals surface area contributed by atoms with E-state index in [0.717, 1.165) is 11.3 Å². The molecule has 0 amide bonds. The summed E-state index contributed by atoms with van der Waals surface area (Å²) in [5.74, 6) is 1.29. The van der Waals surface area contributed by atoms with E-state index >= 15 is 0 Å². The van der Waals surface area contributed by atoms with Crippen LogP contribution in [0.1, 0.15) is 17.3 Å². The molecule has 2 rings (SSSR count). The molecule has 2 N–H and O–H groups in total. The Bertz CT molecular complexity index is 546. The van der Waals surface area contributed by atoms with Crippen molar-refractivity contribution in [3.05, 3.63) is 47.9 Å². The van der Waals surface area contributed by atoms with Crippen molar-refractivity contribution < 1.29 is 9.47 Å². The lowest BCUT2D eigenvalue weighted by Gasteiger charge is -2.13. The number of benzene rings is 1. The third-order valence-corrected chi connectivity index (χ3v) is 2.83. The van der Waals surface area contributed by atoms with Crippen LogP contribution in [0.15, 0.2) is 36.7 Å². The molecule has 5 heteroatoms. The Morgan fingerprint density at radius 2 is 1.95 bits per heavy atom. The van der Waals surface area contributed by atoms with Gasteiger partial charge in [0, 0.05) is 12.4 Å². The fourth-order valence-electron chi connectivity index (χ4n) is 1.90.